The van der Waals surface area contributed by atoms with Gasteiger partial charge in [-0.2, -0.15) is 0 Å². The van der Waals surface area contributed by atoms with Crippen molar-refractivity contribution in [2.75, 3.05) is 13.1 Å². The fourth-order valence-electron chi connectivity index (χ4n) is 2.14. The molecule has 2 rings (SSSR count). The third-order valence-corrected chi connectivity index (χ3v) is 3.29. The summed E-state index contributed by atoms with van der Waals surface area (Å²) >= 11 is 0. The molecule has 2 N–H and O–H groups in total. The van der Waals surface area contributed by atoms with Crippen molar-refractivity contribution in [3.8, 4) is 0 Å². The average molecular weight is 277 g/mol. The molecule has 1 saturated heterocycles. The number of hydrogen-bond acceptors (Lipinski definition) is 2. The third-order valence-electron chi connectivity index (χ3n) is 3.29. The number of nitrogens with two attached hydrogens (primary N) is 1. The maximum absolute atomic E-state index is 5.89. The molecule has 0 atom stereocenters. The van der Waals surface area contributed by atoms with E-state index in [2.05, 4.69) is 36.1 Å². The first-order valence-electron chi connectivity index (χ1n) is 5.78. The van der Waals surface area contributed by atoms with Crippen LogP contribution in [0.4, 0.5) is 0 Å². The van der Waals surface area contributed by atoms with Gasteiger partial charge >= 0.3 is 0 Å². The lowest BCUT2D eigenvalue weighted by Gasteiger charge is -2.30. The predicted molar refractivity (Wildman–Crippen MR) is 78.2 cm³/mol. The molecule has 1 fully saturated rings. The highest BCUT2D eigenvalue weighted by molar-refractivity contribution is 5.85. The molecule has 1 heterocycles. The van der Waals surface area contributed by atoms with Crippen molar-refractivity contribution in [3.05, 3.63) is 35.4 Å². The standard InChI is InChI=1S/C13H20N2.2ClH/c1-11-4-2-3-5-12(11)10-15-8-6-13(14)7-9-15;;/h2-5,13H,6-10,14H2,1H3;2*1H. The minimum Gasteiger partial charge on any atom is -0.328 e. The lowest BCUT2D eigenvalue weighted by molar-refractivity contribution is 0.205. The zero-order valence-electron chi connectivity index (χ0n) is 10.3. The molecule has 1 aliphatic rings. The zero-order chi connectivity index (χ0) is 10.7. The van der Waals surface area contributed by atoms with Crippen LogP contribution < -0.4 is 5.73 Å². The number of likely N-dealkylation sites (tertiary alicyclic amines) is 1. The highest BCUT2D eigenvalue weighted by Gasteiger charge is 2.16. The summed E-state index contributed by atoms with van der Waals surface area (Å²) < 4.78 is 0. The Morgan fingerprint density at radius 3 is 2.35 bits per heavy atom. The second-order valence-electron chi connectivity index (χ2n) is 4.54. The van der Waals surface area contributed by atoms with Crippen LogP contribution in [0.15, 0.2) is 24.3 Å². The lowest BCUT2D eigenvalue weighted by atomic mass is 10.0. The third kappa shape index (κ3) is 4.84. The molecule has 2 nitrogen and oxygen atoms in total. The number of benzene rings is 1. The van der Waals surface area contributed by atoms with E-state index in [1.807, 2.05) is 0 Å². The number of aryl methyl sites for hydroxylation is 1. The van der Waals surface area contributed by atoms with Gasteiger partial charge in [0.2, 0.25) is 0 Å². The molecule has 17 heavy (non-hydrogen) atoms. The van der Waals surface area contributed by atoms with E-state index >= 15 is 0 Å². The van der Waals surface area contributed by atoms with E-state index in [0.29, 0.717) is 6.04 Å². The highest BCUT2D eigenvalue weighted by atomic mass is 35.5. The van der Waals surface area contributed by atoms with Crippen LogP contribution in [0.5, 0.6) is 0 Å². The van der Waals surface area contributed by atoms with Crippen molar-refractivity contribution in [3.63, 3.8) is 0 Å². The maximum atomic E-state index is 5.89. The normalized spacial score (nSPS) is 17.1. The summed E-state index contributed by atoms with van der Waals surface area (Å²) in [5.41, 5.74) is 8.74. The minimum atomic E-state index is 0. The quantitative estimate of drug-likeness (QED) is 0.900. The van der Waals surface area contributed by atoms with Crippen molar-refractivity contribution < 1.29 is 0 Å². The molecular formula is C13H22Cl2N2. The van der Waals surface area contributed by atoms with Gasteiger partial charge in [0.05, 0.1) is 0 Å². The number of rotatable bonds is 2. The molecule has 0 aromatic heterocycles. The molecule has 0 radical (unpaired) electrons. The van der Waals surface area contributed by atoms with Gasteiger partial charge in [-0.3, -0.25) is 4.90 Å². The Morgan fingerprint density at radius 2 is 1.76 bits per heavy atom. The number of hydrogen-bond donors (Lipinski definition) is 1. The van der Waals surface area contributed by atoms with E-state index in [-0.39, 0.29) is 24.8 Å². The molecule has 1 aliphatic heterocycles. The predicted octanol–water partition coefficient (Wildman–Crippen LogP) is 2.76. The zero-order valence-corrected chi connectivity index (χ0v) is 11.9. The number of halogens is 2. The summed E-state index contributed by atoms with van der Waals surface area (Å²) in [6, 6.07) is 9.07. The second kappa shape index (κ2) is 7.93. The molecule has 0 spiro atoms. The van der Waals surface area contributed by atoms with Crippen LogP contribution in [-0.4, -0.2) is 24.0 Å². The first-order valence-corrected chi connectivity index (χ1v) is 5.78. The van der Waals surface area contributed by atoms with E-state index in [1.54, 1.807) is 0 Å². The van der Waals surface area contributed by atoms with E-state index in [1.165, 1.54) is 11.1 Å². The molecule has 4 heteroatoms. The SMILES string of the molecule is Cc1ccccc1CN1CCC(N)CC1.Cl.Cl. The van der Waals surface area contributed by atoms with Gasteiger partial charge in [0.1, 0.15) is 0 Å². The summed E-state index contributed by atoms with van der Waals surface area (Å²) in [6.07, 6.45) is 2.29. The largest absolute Gasteiger partial charge is 0.328 e. The van der Waals surface area contributed by atoms with Gasteiger partial charge in [-0.15, -0.1) is 24.8 Å². The Kier molecular flexibility index (Phi) is 7.80. The first-order chi connectivity index (χ1) is 7.25. The van der Waals surface area contributed by atoms with Crippen LogP contribution in [0.2, 0.25) is 0 Å². The monoisotopic (exact) mass is 276 g/mol. The minimum absolute atomic E-state index is 0. The highest BCUT2D eigenvalue weighted by Crippen LogP contribution is 2.14. The van der Waals surface area contributed by atoms with E-state index < -0.39 is 0 Å². The molecule has 0 saturated carbocycles. The maximum Gasteiger partial charge on any atom is 0.0236 e. The molecular weight excluding hydrogens is 255 g/mol. The van der Waals surface area contributed by atoms with Crippen molar-refractivity contribution in [2.24, 2.45) is 5.73 Å². The number of nitrogens with zero attached hydrogens (tertiary/aromatic N) is 1. The Balaban J connectivity index is 0.00000128. The summed E-state index contributed by atoms with van der Waals surface area (Å²) in [6.45, 7) is 5.56. The van der Waals surface area contributed by atoms with Crippen molar-refractivity contribution in [1.82, 2.24) is 4.90 Å². The summed E-state index contributed by atoms with van der Waals surface area (Å²) in [4.78, 5) is 2.51. The summed E-state index contributed by atoms with van der Waals surface area (Å²) in [7, 11) is 0. The Bertz CT molecular complexity index is 323. The fourth-order valence-corrected chi connectivity index (χ4v) is 2.14. The van der Waals surface area contributed by atoms with E-state index in [0.717, 1.165) is 32.5 Å². The smallest absolute Gasteiger partial charge is 0.0236 e. The van der Waals surface area contributed by atoms with Gasteiger partial charge in [-0.25, -0.2) is 0 Å². The Morgan fingerprint density at radius 1 is 1.18 bits per heavy atom. The van der Waals surface area contributed by atoms with Crippen LogP contribution in [0, 0.1) is 6.92 Å². The van der Waals surface area contributed by atoms with Crippen LogP contribution in [0.25, 0.3) is 0 Å². The molecule has 0 aliphatic carbocycles. The van der Waals surface area contributed by atoms with Gasteiger partial charge in [0.25, 0.3) is 0 Å². The van der Waals surface area contributed by atoms with Gasteiger partial charge < -0.3 is 5.73 Å². The molecule has 1 aromatic rings. The fraction of sp³-hybridized carbons (Fsp3) is 0.538. The summed E-state index contributed by atoms with van der Waals surface area (Å²) in [5.74, 6) is 0. The van der Waals surface area contributed by atoms with Crippen molar-refractivity contribution in [2.45, 2.75) is 32.4 Å². The summed E-state index contributed by atoms with van der Waals surface area (Å²) in [5, 5.41) is 0. The van der Waals surface area contributed by atoms with Gasteiger partial charge in [0.15, 0.2) is 0 Å². The molecule has 1 aromatic carbocycles. The Hall–Kier alpha value is -0.280. The molecule has 0 amide bonds. The Labute approximate surface area is 116 Å². The topological polar surface area (TPSA) is 29.3 Å². The van der Waals surface area contributed by atoms with Crippen molar-refractivity contribution in [1.29, 1.82) is 0 Å². The van der Waals surface area contributed by atoms with Crippen LogP contribution in [0.1, 0.15) is 24.0 Å². The molecule has 98 valence electrons. The number of piperidine rings is 1. The molecule has 0 unspecified atom stereocenters. The second-order valence-corrected chi connectivity index (χ2v) is 4.54. The lowest BCUT2D eigenvalue weighted by Crippen LogP contribution is -2.39. The van der Waals surface area contributed by atoms with Gasteiger partial charge in [0, 0.05) is 12.6 Å². The average Bonchev–Trinajstić information content (AvgIpc) is 2.25. The van der Waals surface area contributed by atoms with Crippen molar-refractivity contribution >= 4 is 24.8 Å². The van der Waals surface area contributed by atoms with E-state index in [9.17, 15) is 0 Å². The first kappa shape index (κ1) is 16.7. The van der Waals surface area contributed by atoms with Gasteiger partial charge in [-0.1, -0.05) is 24.3 Å². The van der Waals surface area contributed by atoms with Gasteiger partial charge in [-0.05, 0) is 44.0 Å². The van der Waals surface area contributed by atoms with E-state index in [4.69, 9.17) is 5.73 Å². The van der Waals surface area contributed by atoms with Crippen LogP contribution in [-0.2, 0) is 6.54 Å². The van der Waals surface area contributed by atoms with Crippen LogP contribution >= 0.6 is 24.8 Å². The molecule has 0 bridgehead atoms. The van der Waals surface area contributed by atoms with Crippen LogP contribution in [0.3, 0.4) is 0 Å².